The molecule has 1 saturated heterocycles. The molecule has 2 aliphatic carbocycles. The predicted molar refractivity (Wildman–Crippen MR) is 64.9 cm³/mol. The monoisotopic (exact) mass is 346 g/mol. The van der Waals surface area contributed by atoms with Gasteiger partial charge in [0.2, 0.25) is 5.91 Å². The Morgan fingerprint density at radius 3 is 3.06 bits per heavy atom. The molecule has 3 aliphatic rings. The first-order chi connectivity index (χ1) is 8.15. The molecule has 3 fully saturated rings. The van der Waals surface area contributed by atoms with Crippen LogP contribution in [0.1, 0.15) is 6.42 Å². The summed E-state index contributed by atoms with van der Waals surface area (Å²) in [6.45, 7) is 0.00380. The van der Waals surface area contributed by atoms with Crippen LogP contribution in [0.3, 0.4) is 0 Å². The molecule has 90 valence electrons. The van der Waals surface area contributed by atoms with Crippen molar-refractivity contribution in [3.05, 3.63) is 0 Å². The molecule has 0 radical (unpaired) electrons. The molecule has 1 N–H and O–H groups in total. The molecule has 2 saturated carbocycles. The van der Waals surface area contributed by atoms with Gasteiger partial charge in [0.05, 0.1) is 21.8 Å². The van der Waals surface area contributed by atoms with Gasteiger partial charge in [-0.3, -0.25) is 9.59 Å². The average molecular weight is 346 g/mol. The Balaban J connectivity index is 1.85. The minimum Gasteiger partial charge on any atom is -0.461 e. The van der Waals surface area contributed by atoms with Crippen molar-refractivity contribution in [2.75, 3.05) is 6.54 Å². The normalized spacial score (nSPS) is 45.5. The average Bonchev–Trinajstić information content (AvgIpc) is 2.89. The quantitative estimate of drug-likeness (QED) is 0.336. The molecule has 1 aliphatic heterocycles. The summed E-state index contributed by atoms with van der Waals surface area (Å²) >= 11 is 2.29. The highest BCUT2D eigenvalue weighted by Crippen LogP contribution is 2.59. The number of esters is 1. The minimum atomic E-state index is -0.290. The third-order valence-corrected chi connectivity index (χ3v) is 5.80. The highest BCUT2D eigenvalue weighted by molar-refractivity contribution is 14.1. The zero-order valence-electron chi connectivity index (χ0n) is 8.93. The van der Waals surface area contributed by atoms with Crippen LogP contribution in [0.15, 0.2) is 0 Å². The van der Waals surface area contributed by atoms with Crippen molar-refractivity contribution in [3.8, 4) is 6.07 Å². The van der Waals surface area contributed by atoms with Crippen LogP contribution in [0.4, 0.5) is 0 Å². The second kappa shape index (κ2) is 3.83. The summed E-state index contributed by atoms with van der Waals surface area (Å²) in [7, 11) is 0. The molecule has 0 unspecified atom stereocenters. The number of fused-ring (bicyclic) bond motifs is 1. The maximum Gasteiger partial charge on any atom is 0.310 e. The Kier molecular flexibility index (Phi) is 2.54. The number of carbonyl (C=O) groups excluding carboxylic acids is 2. The van der Waals surface area contributed by atoms with E-state index in [1.807, 2.05) is 6.07 Å². The van der Waals surface area contributed by atoms with E-state index in [9.17, 15) is 9.59 Å². The van der Waals surface area contributed by atoms with E-state index >= 15 is 0 Å². The number of carbonyl (C=O) groups is 2. The summed E-state index contributed by atoms with van der Waals surface area (Å²) in [6.07, 6.45) is 0.914. The lowest BCUT2D eigenvalue weighted by Crippen LogP contribution is -2.43. The smallest absolute Gasteiger partial charge is 0.310 e. The van der Waals surface area contributed by atoms with E-state index in [1.165, 1.54) is 0 Å². The summed E-state index contributed by atoms with van der Waals surface area (Å²) < 4.78 is 5.58. The minimum absolute atomic E-state index is 0.00380. The molecule has 3 rings (SSSR count). The number of rotatable bonds is 2. The van der Waals surface area contributed by atoms with Gasteiger partial charge in [-0.25, -0.2) is 0 Å². The number of amides is 1. The number of alkyl halides is 1. The first-order valence-electron chi connectivity index (χ1n) is 5.64. The predicted octanol–water partition coefficient (Wildman–Crippen LogP) is 0.237. The largest absolute Gasteiger partial charge is 0.461 e. The van der Waals surface area contributed by atoms with Crippen LogP contribution in [-0.2, 0) is 14.3 Å². The molecular weight excluding hydrogens is 335 g/mol. The molecule has 0 aromatic rings. The van der Waals surface area contributed by atoms with Crippen molar-refractivity contribution in [3.63, 3.8) is 0 Å². The van der Waals surface area contributed by atoms with Crippen molar-refractivity contribution >= 4 is 34.5 Å². The first kappa shape index (κ1) is 11.3. The summed E-state index contributed by atoms with van der Waals surface area (Å²) in [6, 6.07) is 1.88. The van der Waals surface area contributed by atoms with Gasteiger partial charge in [-0.1, -0.05) is 22.6 Å². The Hall–Kier alpha value is -0.840. The lowest BCUT2D eigenvalue weighted by Gasteiger charge is -2.27. The topological polar surface area (TPSA) is 79.2 Å². The Morgan fingerprint density at radius 1 is 1.59 bits per heavy atom. The summed E-state index contributed by atoms with van der Waals surface area (Å²) in [5.74, 6) is -0.508. The molecule has 0 aromatic carbocycles. The van der Waals surface area contributed by atoms with E-state index in [-0.39, 0.29) is 52.1 Å². The zero-order valence-corrected chi connectivity index (χ0v) is 11.1. The molecule has 0 spiro atoms. The van der Waals surface area contributed by atoms with Crippen molar-refractivity contribution in [2.45, 2.75) is 16.4 Å². The fourth-order valence-corrected chi connectivity index (χ4v) is 5.00. The molecule has 6 atom stereocenters. The first-order valence-corrected chi connectivity index (χ1v) is 6.89. The van der Waals surface area contributed by atoms with Gasteiger partial charge in [0.15, 0.2) is 0 Å². The molecular formula is C11H11IN2O3. The van der Waals surface area contributed by atoms with Crippen LogP contribution in [0.2, 0.25) is 0 Å². The fourth-order valence-electron chi connectivity index (χ4n) is 3.57. The Labute approximate surface area is 112 Å². The van der Waals surface area contributed by atoms with E-state index in [2.05, 4.69) is 27.9 Å². The van der Waals surface area contributed by atoms with E-state index in [1.54, 1.807) is 0 Å². The molecule has 0 aromatic heterocycles. The highest BCUT2D eigenvalue weighted by atomic mass is 127. The van der Waals surface area contributed by atoms with Gasteiger partial charge in [-0.15, -0.1) is 0 Å². The SMILES string of the molecule is N#CCNC(=O)[C@@H]1[C@H]2C[C@H]3[C@H](OC(=O)[C@H]31)[C@H]2I. The number of hydrogen-bond acceptors (Lipinski definition) is 4. The molecule has 17 heavy (non-hydrogen) atoms. The van der Waals surface area contributed by atoms with Gasteiger partial charge in [0, 0.05) is 5.92 Å². The summed E-state index contributed by atoms with van der Waals surface area (Å²) in [4.78, 5) is 23.8. The van der Waals surface area contributed by atoms with Gasteiger partial charge in [0.25, 0.3) is 0 Å². The van der Waals surface area contributed by atoms with Crippen LogP contribution < -0.4 is 5.32 Å². The van der Waals surface area contributed by atoms with Gasteiger partial charge in [-0.05, 0) is 12.3 Å². The van der Waals surface area contributed by atoms with E-state index in [0.717, 1.165) is 6.42 Å². The fraction of sp³-hybridized carbons (Fsp3) is 0.727. The number of nitrogens with one attached hydrogen (secondary N) is 1. The third-order valence-electron chi connectivity index (χ3n) is 4.17. The molecule has 2 bridgehead atoms. The summed E-state index contributed by atoms with van der Waals surface area (Å²) in [5, 5.41) is 11.0. The maximum atomic E-state index is 12.0. The highest BCUT2D eigenvalue weighted by Gasteiger charge is 2.67. The standard InChI is InChI=1S/C11H11IN2O3/c12-8-4-3-5-7(11(16)17-9(5)8)6(4)10(15)14-2-1-13/h4-9H,2-3H2,(H,14,15)/t4-,5-,6-,7-,8+,9+/m1/s1. The number of nitrogens with zero attached hydrogens (tertiary/aromatic N) is 1. The van der Waals surface area contributed by atoms with E-state index < -0.39 is 0 Å². The van der Waals surface area contributed by atoms with Gasteiger partial charge < -0.3 is 10.1 Å². The van der Waals surface area contributed by atoms with Crippen LogP contribution in [0.5, 0.6) is 0 Å². The molecule has 1 amide bonds. The third kappa shape index (κ3) is 1.41. The molecule has 6 heteroatoms. The van der Waals surface area contributed by atoms with E-state index in [0.29, 0.717) is 0 Å². The lowest BCUT2D eigenvalue weighted by molar-refractivity contribution is -0.145. The van der Waals surface area contributed by atoms with Crippen molar-refractivity contribution < 1.29 is 14.3 Å². The second-order valence-electron chi connectivity index (χ2n) is 4.84. The van der Waals surface area contributed by atoms with Gasteiger partial charge in [0.1, 0.15) is 12.6 Å². The van der Waals surface area contributed by atoms with Crippen LogP contribution in [0, 0.1) is 35.0 Å². The maximum absolute atomic E-state index is 12.0. The van der Waals surface area contributed by atoms with E-state index in [4.69, 9.17) is 10.00 Å². The Bertz CT molecular complexity index is 433. The van der Waals surface area contributed by atoms with Crippen molar-refractivity contribution in [1.29, 1.82) is 5.26 Å². The number of nitriles is 1. The molecule has 5 nitrogen and oxygen atoms in total. The van der Waals surface area contributed by atoms with Crippen molar-refractivity contribution in [1.82, 2.24) is 5.32 Å². The number of ether oxygens (including phenoxy) is 1. The lowest BCUT2D eigenvalue weighted by atomic mass is 9.79. The van der Waals surface area contributed by atoms with Gasteiger partial charge in [-0.2, -0.15) is 5.26 Å². The number of hydrogen-bond donors (Lipinski definition) is 1. The van der Waals surface area contributed by atoms with Crippen LogP contribution in [0.25, 0.3) is 0 Å². The van der Waals surface area contributed by atoms with Gasteiger partial charge >= 0.3 is 5.97 Å². The summed E-state index contributed by atoms with van der Waals surface area (Å²) in [5.41, 5.74) is 0. The van der Waals surface area contributed by atoms with Crippen LogP contribution in [-0.4, -0.2) is 28.4 Å². The molecule has 1 heterocycles. The number of halogens is 1. The Morgan fingerprint density at radius 2 is 2.35 bits per heavy atom. The van der Waals surface area contributed by atoms with Crippen molar-refractivity contribution in [2.24, 2.45) is 23.7 Å². The zero-order chi connectivity index (χ0) is 12.2. The van der Waals surface area contributed by atoms with Crippen LogP contribution >= 0.6 is 22.6 Å². The second-order valence-corrected chi connectivity index (χ2v) is 6.28.